The van der Waals surface area contributed by atoms with Crippen LogP contribution < -0.4 is 5.73 Å². The standard InChI is InChI=1S/C15H22N2/c16-10-14-4-11-3-12(5-14)7-15(6-11,9-14)13-1-2-17-8-13/h1-2,8,11-12,17H,3-7,9-10,16H2. The van der Waals surface area contributed by atoms with E-state index >= 15 is 0 Å². The Morgan fingerprint density at radius 3 is 2.59 bits per heavy atom. The van der Waals surface area contributed by atoms with Gasteiger partial charge in [-0.3, -0.25) is 0 Å². The lowest BCUT2D eigenvalue weighted by atomic mass is 9.43. The minimum Gasteiger partial charge on any atom is -0.367 e. The van der Waals surface area contributed by atoms with Crippen LogP contribution in [0.15, 0.2) is 18.5 Å². The van der Waals surface area contributed by atoms with Gasteiger partial charge in [-0.25, -0.2) is 0 Å². The molecule has 1 aromatic heterocycles. The SMILES string of the molecule is NCC12CC3CC(C1)CC(c1cc[nH]c1)(C3)C2. The predicted molar refractivity (Wildman–Crippen MR) is 68.6 cm³/mol. The Labute approximate surface area is 103 Å². The van der Waals surface area contributed by atoms with Crippen LogP contribution in [0.5, 0.6) is 0 Å². The molecule has 4 aliphatic carbocycles. The Balaban J connectivity index is 1.78. The number of nitrogens with two attached hydrogens (primary N) is 1. The third-order valence-electron chi connectivity index (χ3n) is 5.83. The first-order valence-electron chi connectivity index (χ1n) is 7.07. The average Bonchev–Trinajstić information content (AvgIpc) is 2.81. The molecule has 0 aliphatic heterocycles. The summed E-state index contributed by atoms with van der Waals surface area (Å²) in [4.78, 5) is 3.25. The predicted octanol–water partition coefficient (Wildman–Crippen LogP) is 2.81. The van der Waals surface area contributed by atoms with Crippen LogP contribution in [-0.4, -0.2) is 11.5 Å². The van der Waals surface area contributed by atoms with E-state index in [0.717, 1.165) is 18.4 Å². The second-order valence-corrected chi connectivity index (χ2v) is 7.05. The van der Waals surface area contributed by atoms with Crippen molar-refractivity contribution in [1.29, 1.82) is 0 Å². The van der Waals surface area contributed by atoms with Crippen molar-refractivity contribution in [1.82, 2.24) is 4.98 Å². The van der Waals surface area contributed by atoms with Gasteiger partial charge in [-0.2, -0.15) is 0 Å². The van der Waals surface area contributed by atoms with Gasteiger partial charge in [0.05, 0.1) is 0 Å². The van der Waals surface area contributed by atoms with Crippen molar-refractivity contribution in [3.63, 3.8) is 0 Å². The van der Waals surface area contributed by atoms with Crippen molar-refractivity contribution in [3.05, 3.63) is 24.0 Å². The Hall–Kier alpha value is -0.760. The minimum absolute atomic E-state index is 0.476. The zero-order valence-electron chi connectivity index (χ0n) is 10.4. The van der Waals surface area contributed by atoms with E-state index < -0.39 is 0 Å². The number of hydrogen-bond donors (Lipinski definition) is 2. The largest absolute Gasteiger partial charge is 0.367 e. The fourth-order valence-electron chi connectivity index (χ4n) is 5.68. The maximum absolute atomic E-state index is 6.13. The van der Waals surface area contributed by atoms with E-state index in [1.54, 1.807) is 5.56 Å². The van der Waals surface area contributed by atoms with Gasteiger partial charge in [0.1, 0.15) is 0 Å². The molecule has 0 amide bonds. The number of aromatic nitrogens is 1. The Bertz CT molecular complexity index is 406. The Morgan fingerprint density at radius 1 is 1.24 bits per heavy atom. The number of rotatable bonds is 2. The fourth-order valence-corrected chi connectivity index (χ4v) is 5.68. The van der Waals surface area contributed by atoms with Crippen LogP contribution >= 0.6 is 0 Å². The summed E-state index contributed by atoms with van der Waals surface area (Å²) in [5.74, 6) is 1.91. The zero-order valence-corrected chi connectivity index (χ0v) is 10.4. The maximum atomic E-state index is 6.13. The molecule has 0 aromatic carbocycles. The van der Waals surface area contributed by atoms with Gasteiger partial charge < -0.3 is 10.7 Å². The molecule has 0 saturated heterocycles. The van der Waals surface area contributed by atoms with Crippen molar-refractivity contribution >= 4 is 0 Å². The van der Waals surface area contributed by atoms with Gasteiger partial charge in [0, 0.05) is 12.4 Å². The summed E-state index contributed by atoms with van der Waals surface area (Å²) in [5, 5.41) is 0. The summed E-state index contributed by atoms with van der Waals surface area (Å²) in [5.41, 5.74) is 8.65. The molecule has 2 heteroatoms. The molecule has 3 N–H and O–H groups in total. The highest BCUT2D eigenvalue weighted by atomic mass is 14.7. The zero-order chi connectivity index (χ0) is 11.5. The highest BCUT2D eigenvalue weighted by Gasteiger charge is 2.57. The molecule has 4 aliphatic rings. The van der Waals surface area contributed by atoms with E-state index in [-0.39, 0.29) is 0 Å². The highest BCUT2D eigenvalue weighted by molar-refractivity contribution is 5.28. The number of aromatic amines is 1. The van der Waals surface area contributed by atoms with E-state index in [1.807, 2.05) is 0 Å². The second-order valence-electron chi connectivity index (χ2n) is 7.05. The fraction of sp³-hybridized carbons (Fsp3) is 0.733. The van der Waals surface area contributed by atoms with Crippen molar-refractivity contribution in [2.75, 3.05) is 6.54 Å². The first-order valence-corrected chi connectivity index (χ1v) is 7.07. The third kappa shape index (κ3) is 1.31. The first kappa shape index (κ1) is 10.2. The van der Waals surface area contributed by atoms with Gasteiger partial charge in [-0.05, 0) is 79.4 Å². The van der Waals surface area contributed by atoms with Crippen molar-refractivity contribution in [3.8, 4) is 0 Å². The molecule has 2 unspecified atom stereocenters. The van der Waals surface area contributed by atoms with Crippen LogP contribution in [0.3, 0.4) is 0 Å². The molecule has 4 saturated carbocycles. The Morgan fingerprint density at radius 2 is 2.00 bits per heavy atom. The van der Waals surface area contributed by atoms with E-state index in [1.165, 1.54) is 38.5 Å². The molecule has 4 fully saturated rings. The van der Waals surface area contributed by atoms with E-state index in [0.29, 0.717) is 10.8 Å². The lowest BCUT2D eigenvalue weighted by Gasteiger charge is -2.62. The van der Waals surface area contributed by atoms with Crippen LogP contribution in [0.4, 0.5) is 0 Å². The number of H-pyrrole nitrogens is 1. The van der Waals surface area contributed by atoms with Crippen molar-refractivity contribution in [2.45, 2.75) is 43.9 Å². The van der Waals surface area contributed by atoms with E-state index in [9.17, 15) is 0 Å². The summed E-state index contributed by atoms with van der Waals surface area (Å²) in [6.07, 6.45) is 12.8. The van der Waals surface area contributed by atoms with E-state index in [2.05, 4.69) is 23.4 Å². The normalized spacial score (nSPS) is 47.6. The summed E-state index contributed by atoms with van der Waals surface area (Å²) in [6, 6.07) is 2.30. The van der Waals surface area contributed by atoms with Gasteiger partial charge in [0.2, 0.25) is 0 Å². The maximum Gasteiger partial charge on any atom is 0.00430 e. The summed E-state index contributed by atoms with van der Waals surface area (Å²) < 4.78 is 0. The monoisotopic (exact) mass is 230 g/mol. The molecule has 1 aromatic rings. The molecular formula is C15H22N2. The summed E-state index contributed by atoms with van der Waals surface area (Å²) in [7, 11) is 0. The average molecular weight is 230 g/mol. The highest BCUT2D eigenvalue weighted by Crippen LogP contribution is 2.65. The molecule has 17 heavy (non-hydrogen) atoms. The Kier molecular flexibility index (Phi) is 1.90. The summed E-state index contributed by atoms with van der Waals surface area (Å²) >= 11 is 0. The van der Waals surface area contributed by atoms with Crippen molar-refractivity contribution in [2.24, 2.45) is 23.0 Å². The first-order chi connectivity index (χ1) is 8.24. The quantitative estimate of drug-likeness (QED) is 0.806. The van der Waals surface area contributed by atoms with Crippen LogP contribution in [0.25, 0.3) is 0 Å². The van der Waals surface area contributed by atoms with Crippen LogP contribution in [-0.2, 0) is 5.41 Å². The molecule has 4 bridgehead atoms. The van der Waals surface area contributed by atoms with E-state index in [4.69, 9.17) is 5.73 Å². The van der Waals surface area contributed by atoms with Gasteiger partial charge in [-0.15, -0.1) is 0 Å². The molecule has 5 rings (SSSR count). The van der Waals surface area contributed by atoms with Gasteiger partial charge >= 0.3 is 0 Å². The molecule has 1 heterocycles. The molecule has 92 valence electrons. The molecule has 0 spiro atoms. The van der Waals surface area contributed by atoms with Gasteiger partial charge in [0.15, 0.2) is 0 Å². The number of hydrogen-bond acceptors (Lipinski definition) is 1. The molecule has 2 nitrogen and oxygen atoms in total. The smallest absolute Gasteiger partial charge is 0.00430 e. The number of nitrogens with one attached hydrogen (secondary N) is 1. The topological polar surface area (TPSA) is 41.8 Å². The van der Waals surface area contributed by atoms with Crippen LogP contribution in [0.1, 0.15) is 44.1 Å². The van der Waals surface area contributed by atoms with Gasteiger partial charge in [-0.1, -0.05) is 0 Å². The lowest BCUT2D eigenvalue weighted by Crippen LogP contribution is -2.56. The lowest BCUT2D eigenvalue weighted by molar-refractivity contribution is -0.0666. The molecule has 0 radical (unpaired) electrons. The molecule has 2 atom stereocenters. The minimum atomic E-state index is 0.476. The van der Waals surface area contributed by atoms with Gasteiger partial charge in [0.25, 0.3) is 0 Å². The van der Waals surface area contributed by atoms with Crippen molar-refractivity contribution < 1.29 is 0 Å². The second kappa shape index (κ2) is 3.17. The molecular weight excluding hydrogens is 208 g/mol. The third-order valence-corrected chi connectivity index (χ3v) is 5.83. The summed E-state index contributed by atoms with van der Waals surface area (Å²) in [6.45, 7) is 0.909. The van der Waals surface area contributed by atoms with Crippen LogP contribution in [0, 0.1) is 17.3 Å². The van der Waals surface area contributed by atoms with Crippen LogP contribution in [0.2, 0.25) is 0 Å².